The molecule has 0 bridgehead atoms. The Labute approximate surface area is 141 Å². The van der Waals surface area contributed by atoms with Crippen LogP contribution in [0.4, 0.5) is 5.69 Å². The smallest absolute Gasteiger partial charge is 0.313 e. The zero-order valence-electron chi connectivity index (χ0n) is 14.1. The summed E-state index contributed by atoms with van der Waals surface area (Å²) in [5.74, 6) is -1.53. The van der Waals surface area contributed by atoms with E-state index in [1.807, 2.05) is 51.1 Å². The molecular formula is C19H22N2O3. The molecule has 0 saturated heterocycles. The topological polar surface area (TPSA) is 78.4 Å². The van der Waals surface area contributed by atoms with Gasteiger partial charge in [-0.3, -0.25) is 9.59 Å². The number of amides is 2. The van der Waals surface area contributed by atoms with E-state index in [1.165, 1.54) is 0 Å². The van der Waals surface area contributed by atoms with Crippen LogP contribution in [0.5, 0.6) is 0 Å². The van der Waals surface area contributed by atoms with Gasteiger partial charge in [-0.15, -0.1) is 0 Å². The van der Waals surface area contributed by atoms with Crippen molar-refractivity contribution < 1.29 is 14.7 Å². The van der Waals surface area contributed by atoms with Crippen LogP contribution in [-0.2, 0) is 9.59 Å². The summed E-state index contributed by atoms with van der Waals surface area (Å²) in [5, 5.41) is 15.1. The Balaban J connectivity index is 1.91. The summed E-state index contributed by atoms with van der Waals surface area (Å²) in [5.41, 5.74) is 4.37. The van der Waals surface area contributed by atoms with Crippen LogP contribution in [0.15, 0.2) is 42.5 Å². The Morgan fingerprint density at radius 1 is 0.958 bits per heavy atom. The Kier molecular flexibility index (Phi) is 5.71. The summed E-state index contributed by atoms with van der Waals surface area (Å²) in [6, 6.07) is 12.8. The van der Waals surface area contributed by atoms with Crippen LogP contribution in [0.3, 0.4) is 0 Å². The maximum Gasteiger partial charge on any atom is 0.313 e. The molecule has 2 rings (SSSR count). The van der Waals surface area contributed by atoms with E-state index in [0.717, 1.165) is 22.3 Å². The highest BCUT2D eigenvalue weighted by Crippen LogP contribution is 2.16. The molecule has 5 heteroatoms. The first-order chi connectivity index (χ1) is 11.4. The molecule has 0 aliphatic carbocycles. The van der Waals surface area contributed by atoms with Crippen LogP contribution in [0.2, 0.25) is 0 Å². The van der Waals surface area contributed by atoms with Crippen LogP contribution in [-0.4, -0.2) is 23.5 Å². The monoisotopic (exact) mass is 326 g/mol. The van der Waals surface area contributed by atoms with Crippen molar-refractivity contribution in [1.82, 2.24) is 5.32 Å². The minimum absolute atomic E-state index is 0.0238. The van der Waals surface area contributed by atoms with Crippen molar-refractivity contribution in [2.75, 3.05) is 11.9 Å². The lowest BCUT2D eigenvalue weighted by Gasteiger charge is -2.14. The minimum atomic E-state index is -0.857. The number of rotatable bonds is 4. The van der Waals surface area contributed by atoms with Crippen molar-refractivity contribution in [2.24, 2.45) is 0 Å². The van der Waals surface area contributed by atoms with E-state index >= 15 is 0 Å². The van der Waals surface area contributed by atoms with Crippen molar-refractivity contribution >= 4 is 17.5 Å². The van der Waals surface area contributed by atoms with E-state index < -0.39 is 17.9 Å². The first-order valence-corrected chi connectivity index (χ1v) is 7.78. The van der Waals surface area contributed by atoms with E-state index in [4.69, 9.17) is 0 Å². The largest absolute Gasteiger partial charge is 0.387 e. The molecule has 24 heavy (non-hydrogen) atoms. The van der Waals surface area contributed by atoms with Crippen LogP contribution in [0.1, 0.15) is 28.4 Å². The van der Waals surface area contributed by atoms with Crippen LogP contribution in [0, 0.1) is 20.8 Å². The number of hydrogen-bond donors (Lipinski definition) is 3. The van der Waals surface area contributed by atoms with E-state index in [0.29, 0.717) is 5.69 Å². The lowest BCUT2D eigenvalue weighted by atomic mass is 10.0. The number of carbonyl (C=O) groups is 2. The van der Waals surface area contributed by atoms with Crippen LogP contribution < -0.4 is 10.6 Å². The fourth-order valence-electron chi connectivity index (χ4n) is 2.35. The number of aliphatic hydroxyl groups excluding tert-OH is 1. The van der Waals surface area contributed by atoms with E-state index in [-0.39, 0.29) is 6.54 Å². The quantitative estimate of drug-likeness (QED) is 0.755. The molecule has 0 fully saturated rings. The van der Waals surface area contributed by atoms with Crippen molar-refractivity contribution in [2.45, 2.75) is 26.9 Å². The number of aryl methyl sites for hydroxylation is 3. The van der Waals surface area contributed by atoms with Crippen LogP contribution >= 0.6 is 0 Å². The molecule has 2 aromatic carbocycles. The fraction of sp³-hybridized carbons (Fsp3) is 0.263. The zero-order chi connectivity index (χ0) is 17.7. The van der Waals surface area contributed by atoms with Gasteiger partial charge in [0.15, 0.2) is 0 Å². The van der Waals surface area contributed by atoms with Gasteiger partial charge >= 0.3 is 11.8 Å². The molecule has 0 saturated carbocycles. The van der Waals surface area contributed by atoms with Gasteiger partial charge in [-0.25, -0.2) is 0 Å². The SMILES string of the molecule is Cc1ccc(NC(=O)C(=O)NCC(O)c2ccccc2C)cc1C. The van der Waals surface area contributed by atoms with Crippen molar-refractivity contribution in [3.63, 3.8) is 0 Å². The third-order valence-electron chi connectivity index (χ3n) is 3.97. The summed E-state index contributed by atoms with van der Waals surface area (Å²) in [6.45, 7) is 5.76. The highest BCUT2D eigenvalue weighted by molar-refractivity contribution is 6.39. The molecule has 3 N–H and O–H groups in total. The first-order valence-electron chi connectivity index (χ1n) is 7.78. The molecule has 2 amide bonds. The lowest BCUT2D eigenvalue weighted by Crippen LogP contribution is -2.37. The van der Waals surface area contributed by atoms with Gasteiger partial charge in [0.1, 0.15) is 0 Å². The highest BCUT2D eigenvalue weighted by Gasteiger charge is 2.17. The number of nitrogens with one attached hydrogen (secondary N) is 2. The van der Waals surface area contributed by atoms with E-state index in [1.54, 1.807) is 12.1 Å². The molecule has 1 atom stereocenters. The fourth-order valence-corrected chi connectivity index (χ4v) is 2.35. The van der Waals surface area contributed by atoms with Crippen molar-refractivity contribution in [1.29, 1.82) is 0 Å². The molecule has 0 aromatic heterocycles. The van der Waals surface area contributed by atoms with Gasteiger partial charge in [-0.05, 0) is 55.2 Å². The standard InChI is InChI=1S/C19H22N2O3/c1-12-8-9-15(10-14(12)3)21-19(24)18(23)20-11-17(22)16-7-5-4-6-13(16)2/h4-10,17,22H,11H2,1-3H3,(H,20,23)(H,21,24). The highest BCUT2D eigenvalue weighted by atomic mass is 16.3. The normalized spacial score (nSPS) is 11.7. The second kappa shape index (κ2) is 7.75. The molecule has 5 nitrogen and oxygen atoms in total. The Morgan fingerprint density at radius 2 is 1.67 bits per heavy atom. The third kappa shape index (κ3) is 4.43. The van der Waals surface area contributed by atoms with E-state index in [9.17, 15) is 14.7 Å². The van der Waals surface area contributed by atoms with Gasteiger partial charge in [-0.2, -0.15) is 0 Å². The number of benzene rings is 2. The summed E-state index contributed by atoms with van der Waals surface area (Å²) < 4.78 is 0. The molecule has 2 aromatic rings. The molecule has 0 radical (unpaired) electrons. The summed E-state index contributed by atoms with van der Waals surface area (Å²) >= 11 is 0. The summed E-state index contributed by atoms with van der Waals surface area (Å²) in [6.07, 6.45) is -0.857. The van der Waals surface area contributed by atoms with Crippen LogP contribution in [0.25, 0.3) is 0 Å². The van der Waals surface area contributed by atoms with Gasteiger partial charge in [-0.1, -0.05) is 30.3 Å². The molecule has 0 heterocycles. The van der Waals surface area contributed by atoms with Gasteiger partial charge in [0, 0.05) is 12.2 Å². The number of hydrogen-bond acceptors (Lipinski definition) is 3. The Hall–Kier alpha value is -2.66. The maximum atomic E-state index is 11.9. The second-order valence-electron chi connectivity index (χ2n) is 5.84. The van der Waals surface area contributed by atoms with Crippen molar-refractivity contribution in [3.8, 4) is 0 Å². The zero-order valence-corrected chi connectivity index (χ0v) is 14.1. The molecule has 126 valence electrons. The first kappa shape index (κ1) is 17.7. The molecule has 0 spiro atoms. The third-order valence-corrected chi connectivity index (χ3v) is 3.97. The van der Waals surface area contributed by atoms with Gasteiger partial charge in [0.2, 0.25) is 0 Å². The predicted molar refractivity (Wildman–Crippen MR) is 93.7 cm³/mol. The van der Waals surface area contributed by atoms with E-state index in [2.05, 4.69) is 10.6 Å². The predicted octanol–water partition coefficient (Wildman–Crippen LogP) is 2.40. The minimum Gasteiger partial charge on any atom is -0.387 e. The maximum absolute atomic E-state index is 11.9. The molecule has 1 unspecified atom stereocenters. The molecule has 0 aliphatic rings. The van der Waals surface area contributed by atoms with Gasteiger partial charge in [0.05, 0.1) is 6.10 Å². The molecular weight excluding hydrogens is 304 g/mol. The average molecular weight is 326 g/mol. The summed E-state index contributed by atoms with van der Waals surface area (Å²) in [7, 11) is 0. The number of aliphatic hydroxyl groups is 1. The van der Waals surface area contributed by atoms with Crippen molar-refractivity contribution in [3.05, 3.63) is 64.7 Å². The molecule has 0 aliphatic heterocycles. The van der Waals surface area contributed by atoms with Gasteiger partial charge in [0.25, 0.3) is 0 Å². The Morgan fingerprint density at radius 3 is 2.33 bits per heavy atom. The number of anilines is 1. The summed E-state index contributed by atoms with van der Waals surface area (Å²) in [4.78, 5) is 23.8. The lowest BCUT2D eigenvalue weighted by molar-refractivity contribution is -0.136. The average Bonchev–Trinajstić information content (AvgIpc) is 2.56. The number of carbonyl (C=O) groups excluding carboxylic acids is 2. The van der Waals surface area contributed by atoms with Gasteiger partial charge < -0.3 is 15.7 Å². The Bertz CT molecular complexity index is 756. The second-order valence-corrected chi connectivity index (χ2v) is 5.84.